The van der Waals surface area contributed by atoms with E-state index in [-0.39, 0.29) is 11.2 Å². The van der Waals surface area contributed by atoms with E-state index in [0.29, 0.717) is 6.54 Å². The van der Waals surface area contributed by atoms with E-state index in [1.54, 1.807) is 11.8 Å². The number of thioether (sulfide) groups is 1. The highest BCUT2D eigenvalue weighted by atomic mass is 32.2. The first-order chi connectivity index (χ1) is 12.7. The molecule has 1 fully saturated rings. The molecular formula is C22H28N2OS. The molecule has 0 unspecified atom stereocenters. The summed E-state index contributed by atoms with van der Waals surface area (Å²) in [6, 6.07) is 18.9. The Bertz CT molecular complexity index is 698. The Kier molecular flexibility index (Phi) is 7.15. The number of amides is 1. The van der Waals surface area contributed by atoms with Gasteiger partial charge >= 0.3 is 0 Å². The first-order valence-electron chi connectivity index (χ1n) is 9.44. The van der Waals surface area contributed by atoms with Gasteiger partial charge in [0.15, 0.2) is 0 Å². The van der Waals surface area contributed by atoms with Gasteiger partial charge in [-0.1, -0.05) is 54.6 Å². The zero-order valence-electron chi connectivity index (χ0n) is 15.5. The second kappa shape index (κ2) is 9.79. The van der Waals surface area contributed by atoms with Gasteiger partial charge in [-0.15, -0.1) is 11.8 Å². The van der Waals surface area contributed by atoms with Gasteiger partial charge in [0.2, 0.25) is 5.91 Å². The van der Waals surface area contributed by atoms with Crippen LogP contribution in [0.1, 0.15) is 36.5 Å². The molecule has 1 aliphatic rings. The maximum atomic E-state index is 12.4. The van der Waals surface area contributed by atoms with Crippen LogP contribution < -0.4 is 5.32 Å². The average molecular weight is 369 g/mol. The number of hydrogen-bond acceptors (Lipinski definition) is 3. The Balaban J connectivity index is 1.44. The number of hydrogen-bond donors (Lipinski definition) is 1. The van der Waals surface area contributed by atoms with Crippen molar-refractivity contribution in [3.63, 3.8) is 0 Å². The molecule has 0 radical (unpaired) electrons. The lowest BCUT2D eigenvalue weighted by atomic mass is 10.1. The maximum Gasteiger partial charge on any atom is 0.233 e. The van der Waals surface area contributed by atoms with Crippen molar-refractivity contribution in [1.29, 1.82) is 0 Å². The van der Waals surface area contributed by atoms with Crippen LogP contribution in [-0.4, -0.2) is 29.1 Å². The number of rotatable bonds is 8. The van der Waals surface area contributed by atoms with Crippen LogP contribution in [0, 0.1) is 0 Å². The molecule has 26 heavy (non-hydrogen) atoms. The van der Waals surface area contributed by atoms with Crippen LogP contribution >= 0.6 is 11.8 Å². The third kappa shape index (κ3) is 5.89. The van der Waals surface area contributed by atoms with Crippen molar-refractivity contribution < 1.29 is 4.79 Å². The van der Waals surface area contributed by atoms with E-state index in [9.17, 15) is 4.79 Å². The first kappa shape index (κ1) is 19.0. The van der Waals surface area contributed by atoms with Gasteiger partial charge < -0.3 is 5.32 Å². The van der Waals surface area contributed by atoms with Crippen LogP contribution in [0.15, 0.2) is 54.6 Å². The summed E-state index contributed by atoms with van der Waals surface area (Å²) in [7, 11) is 0. The molecule has 1 atom stereocenters. The van der Waals surface area contributed by atoms with Crippen molar-refractivity contribution in [2.75, 3.05) is 13.1 Å². The fraction of sp³-hybridized carbons (Fsp3) is 0.409. The van der Waals surface area contributed by atoms with Gasteiger partial charge in [0.25, 0.3) is 0 Å². The fourth-order valence-corrected chi connectivity index (χ4v) is 4.11. The highest BCUT2D eigenvalue weighted by Crippen LogP contribution is 2.18. The second-order valence-corrected chi connectivity index (χ2v) is 8.29. The molecule has 1 saturated heterocycles. The third-order valence-electron chi connectivity index (χ3n) is 4.78. The smallest absolute Gasteiger partial charge is 0.233 e. The summed E-state index contributed by atoms with van der Waals surface area (Å²) >= 11 is 1.68. The molecule has 2 aromatic rings. The Morgan fingerprint density at radius 3 is 2.50 bits per heavy atom. The molecule has 2 aromatic carbocycles. The molecule has 0 aromatic heterocycles. The topological polar surface area (TPSA) is 32.3 Å². The van der Waals surface area contributed by atoms with Crippen LogP contribution in [0.4, 0.5) is 0 Å². The lowest BCUT2D eigenvalue weighted by Crippen LogP contribution is -2.30. The molecule has 1 aliphatic heterocycles. The monoisotopic (exact) mass is 368 g/mol. The van der Waals surface area contributed by atoms with Crippen LogP contribution in [0.5, 0.6) is 0 Å². The molecule has 0 spiro atoms. The van der Waals surface area contributed by atoms with Gasteiger partial charge in [-0.05, 0) is 49.5 Å². The zero-order valence-corrected chi connectivity index (χ0v) is 16.3. The number of carbonyl (C=O) groups excluding carboxylic acids is 1. The van der Waals surface area contributed by atoms with Crippen molar-refractivity contribution >= 4 is 17.7 Å². The number of nitrogens with zero attached hydrogens (tertiary/aromatic N) is 1. The Morgan fingerprint density at radius 2 is 1.73 bits per heavy atom. The predicted molar refractivity (Wildman–Crippen MR) is 110 cm³/mol. The van der Waals surface area contributed by atoms with Crippen LogP contribution in [0.25, 0.3) is 0 Å². The van der Waals surface area contributed by atoms with Crippen molar-refractivity contribution in [3.8, 4) is 0 Å². The lowest BCUT2D eigenvalue weighted by molar-refractivity contribution is -0.120. The summed E-state index contributed by atoms with van der Waals surface area (Å²) in [5.41, 5.74) is 3.77. The molecule has 1 heterocycles. The number of likely N-dealkylation sites (tertiary alicyclic amines) is 1. The van der Waals surface area contributed by atoms with E-state index in [0.717, 1.165) is 12.3 Å². The molecule has 1 N–H and O–H groups in total. The van der Waals surface area contributed by atoms with E-state index >= 15 is 0 Å². The Labute approximate surface area is 161 Å². The van der Waals surface area contributed by atoms with Crippen LogP contribution in [0.3, 0.4) is 0 Å². The number of nitrogens with one attached hydrogen (secondary N) is 1. The average Bonchev–Trinajstić information content (AvgIpc) is 3.18. The minimum Gasteiger partial charge on any atom is -0.351 e. The lowest BCUT2D eigenvalue weighted by Gasteiger charge is -2.16. The van der Waals surface area contributed by atoms with Gasteiger partial charge in [-0.2, -0.15) is 0 Å². The molecule has 0 aliphatic carbocycles. The van der Waals surface area contributed by atoms with E-state index < -0.39 is 0 Å². The summed E-state index contributed by atoms with van der Waals surface area (Å²) in [6.07, 6.45) is 2.63. The largest absolute Gasteiger partial charge is 0.351 e. The molecule has 4 heteroatoms. The molecule has 0 saturated carbocycles. The summed E-state index contributed by atoms with van der Waals surface area (Å²) < 4.78 is 0. The number of benzene rings is 2. The van der Waals surface area contributed by atoms with Gasteiger partial charge in [0.05, 0.1) is 5.25 Å². The molecule has 3 nitrogen and oxygen atoms in total. The quantitative estimate of drug-likeness (QED) is 0.757. The van der Waals surface area contributed by atoms with E-state index in [2.05, 4.69) is 46.6 Å². The summed E-state index contributed by atoms with van der Waals surface area (Å²) in [4.78, 5) is 14.9. The van der Waals surface area contributed by atoms with Gasteiger partial charge in [0.1, 0.15) is 0 Å². The minimum absolute atomic E-state index is 0.0528. The third-order valence-corrected chi connectivity index (χ3v) is 5.99. The number of carbonyl (C=O) groups is 1. The maximum absolute atomic E-state index is 12.4. The van der Waals surface area contributed by atoms with E-state index in [4.69, 9.17) is 0 Å². The Morgan fingerprint density at radius 1 is 1.04 bits per heavy atom. The van der Waals surface area contributed by atoms with E-state index in [1.807, 2.05) is 25.1 Å². The fourth-order valence-electron chi connectivity index (χ4n) is 3.24. The van der Waals surface area contributed by atoms with Crippen molar-refractivity contribution in [1.82, 2.24) is 10.2 Å². The summed E-state index contributed by atoms with van der Waals surface area (Å²) in [5, 5.41) is 3.03. The standard InChI is InChI=1S/C22H28N2OS/c1-18(26-17-19-8-3-2-4-9-19)22(25)23-15-20-10-7-11-21(14-20)16-24-12-5-6-13-24/h2-4,7-11,14,18H,5-6,12-13,15-17H2,1H3,(H,23,25)/t18-/m1/s1. The molecule has 138 valence electrons. The highest BCUT2D eigenvalue weighted by molar-refractivity contribution is 7.99. The molecule has 3 rings (SSSR count). The Hall–Kier alpha value is -1.78. The zero-order chi connectivity index (χ0) is 18.2. The van der Waals surface area contributed by atoms with Crippen LogP contribution in [0.2, 0.25) is 0 Å². The van der Waals surface area contributed by atoms with Crippen molar-refractivity contribution in [2.45, 2.75) is 43.9 Å². The second-order valence-electron chi connectivity index (χ2n) is 6.96. The van der Waals surface area contributed by atoms with Gasteiger partial charge in [0, 0.05) is 18.8 Å². The van der Waals surface area contributed by atoms with Gasteiger partial charge in [-0.25, -0.2) is 0 Å². The summed E-state index contributed by atoms with van der Waals surface area (Å²) in [5.74, 6) is 0.969. The summed E-state index contributed by atoms with van der Waals surface area (Å²) in [6.45, 7) is 6.01. The predicted octanol–water partition coefficient (Wildman–Crippen LogP) is 4.22. The molecular weight excluding hydrogens is 340 g/mol. The first-order valence-corrected chi connectivity index (χ1v) is 10.5. The normalized spacial score (nSPS) is 15.7. The van der Waals surface area contributed by atoms with Crippen molar-refractivity contribution in [3.05, 3.63) is 71.3 Å². The van der Waals surface area contributed by atoms with E-state index in [1.165, 1.54) is 42.6 Å². The molecule has 0 bridgehead atoms. The van der Waals surface area contributed by atoms with Gasteiger partial charge in [-0.3, -0.25) is 9.69 Å². The molecule has 1 amide bonds. The van der Waals surface area contributed by atoms with Crippen LogP contribution in [-0.2, 0) is 23.6 Å². The van der Waals surface area contributed by atoms with Crippen molar-refractivity contribution in [2.24, 2.45) is 0 Å². The minimum atomic E-state index is -0.0528. The highest BCUT2D eigenvalue weighted by Gasteiger charge is 2.14. The SMILES string of the molecule is C[C@@H](SCc1ccccc1)C(=O)NCc1cccc(CN2CCCC2)c1.